The van der Waals surface area contributed by atoms with E-state index in [1.807, 2.05) is 0 Å². The van der Waals surface area contributed by atoms with Crippen molar-refractivity contribution in [2.45, 2.75) is 26.4 Å². The summed E-state index contributed by atoms with van der Waals surface area (Å²) < 4.78 is 31.2. The number of nitrogens with one attached hydrogen (secondary N) is 1. The lowest BCUT2D eigenvalue weighted by molar-refractivity contribution is 0.356. The molecule has 1 N–H and O–H groups in total. The van der Waals surface area contributed by atoms with Crippen molar-refractivity contribution in [3.8, 4) is 0 Å². The third kappa shape index (κ3) is 2.89. The molecule has 0 aliphatic carbocycles. The van der Waals surface area contributed by atoms with Gasteiger partial charge in [0.15, 0.2) is 5.82 Å². The van der Waals surface area contributed by atoms with Crippen LogP contribution in [0.4, 0.5) is 8.78 Å². The Hall–Kier alpha value is -1.82. The van der Waals surface area contributed by atoms with Crippen LogP contribution in [0.1, 0.15) is 30.2 Å². The maximum absolute atomic E-state index is 13.5. The molecule has 0 saturated carbocycles. The van der Waals surface area contributed by atoms with Gasteiger partial charge in [-0.3, -0.25) is 0 Å². The quantitative estimate of drug-likeness (QED) is 0.909. The highest BCUT2D eigenvalue weighted by Crippen LogP contribution is 2.17. The fourth-order valence-electron chi connectivity index (χ4n) is 1.61. The molecule has 0 radical (unpaired) electrons. The average Bonchev–Trinajstić information content (AvgIpc) is 2.72. The molecular formula is C12H13F2N3O. The van der Waals surface area contributed by atoms with Crippen molar-refractivity contribution >= 4 is 0 Å². The summed E-state index contributed by atoms with van der Waals surface area (Å²) in [5.74, 6) is -0.179. The highest BCUT2D eigenvalue weighted by molar-refractivity contribution is 5.21. The Morgan fingerprint density at radius 1 is 1.39 bits per heavy atom. The molecule has 0 saturated heterocycles. The van der Waals surface area contributed by atoms with Gasteiger partial charge in [0.05, 0.1) is 6.54 Å². The normalized spacial score (nSPS) is 12.7. The third-order valence-corrected chi connectivity index (χ3v) is 2.56. The maximum Gasteiger partial charge on any atom is 0.240 e. The van der Waals surface area contributed by atoms with Crippen LogP contribution in [0, 0.1) is 18.6 Å². The van der Waals surface area contributed by atoms with Crippen molar-refractivity contribution in [3.05, 3.63) is 47.1 Å². The molecule has 0 bridgehead atoms. The van der Waals surface area contributed by atoms with Gasteiger partial charge in [-0.15, -0.1) is 0 Å². The van der Waals surface area contributed by atoms with Gasteiger partial charge in [-0.2, -0.15) is 4.98 Å². The highest BCUT2D eigenvalue weighted by Gasteiger charge is 2.12. The topological polar surface area (TPSA) is 51.0 Å². The van der Waals surface area contributed by atoms with Gasteiger partial charge in [-0.1, -0.05) is 11.2 Å². The van der Waals surface area contributed by atoms with E-state index < -0.39 is 11.6 Å². The van der Waals surface area contributed by atoms with E-state index in [0.717, 1.165) is 6.07 Å². The van der Waals surface area contributed by atoms with Crippen molar-refractivity contribution in [2.75, 3.05) is 0 Å². The molecule has 4 nitrogen and oxygen atoms in total. The summed E-state index contributed by atoms with van der Waals surface area (Å²) in [5.41, 5.74) is 0.396. The molecule has 0 fully saturated rings. The van der Waals surface area contributed by atoms with E-state index in [1.165, 1.54) is 12.1 Å². The lowest BCUT2D eigenvalue weighted by Gasteiger charge is -2.13. The number of hydrogen-bond donors (Lipinski definition) is 1. The molecule has 96 valence electrons. The molecule has 6 heteroatoms. The Morgan fingerprint density at radius 3 is 2.78 bits per heavy atom. The number of halogens is 2. The summed E-state index contributed by atoms with van der Waals surface area (Å²) in [7, 11) is 0. The van der Waals surface area contributed by atoms with Crippen molar-refractivity contribution in [1.29, 1.82) is 0 Å². The second kappa shape index (κ2) is 5.22. The molecule has 0 aliphatic rings. The molecule has 1 heterocycles. The van der Waals surface area contributed by atoms with Gasteiger partial charge < -0.3 is 9.84 Å². The van der Waals surface area contributed by atoms with Gasteiger partial charge in [-0.25, -0.2) is 8.78 Å². The van der Waals surface area contributed by atoms with Gasteiger partial charge in [0.1, 0.15) is 11.6 Å². The minimum absolute atomic E-state index is 0.280. The maximum atomic E-state index is 13.5. The number of aryl methyl sites for hydroxylation is 1. The second-order valence-corrected chi connectivity index (χ2v) is 4.00. The largest absolute Gasteiger partial charge is 0.338 e. The summed E-state index contributed by atoms with van der Waals surface area (Å²) in [4.78, 5) is 4.02. The van der Waals surface area contributed by atoms with Crippen LogP contribution in [-0.2, 0) is 6.54 Å². The van der Waals surface area contributed by atoms with Crippen molar-refractivity contribution < 1.29 is 13.3 Å². The van der Waals surface area contributed by atoms with E-state index in [-0.39, 0.29) is 6.04 Å². The van der Waals surface area contributed by atoms with Crippen LogP contribution in [0.5, 0.6) is 0 Å². The highest BCUT2D eigenvalue weighted by atomic mass is 19.1. The Bertz CT molecular complexity index is 542. The van der Waals surface area contributed by atoms with E-state index in [2.05, 4.69) is 15.5 Å². The fraction of sp³-hybridized carbons (Fsp3) is 0.333. The van der Waals surface area contributed by atoms with Gasteiger partial charge in [0, 0.05) is 17.7 Å². The van der Waals surface area contributed by atoms with Gasteiger partial charge in [0.2, 0.25) is 5.89 Å². The number of nitrogens with zero attached hydrogens (tertiary/aromatic N) is 2. The predicted molar refractivity (Wildman–Crippen MR) is 60.6 cm³/mol. The number of aromatic nitrogens is 2. The zero-order valence-electron chi connectivity index (χ0n) is 10.1. The smallest absolute Gasteiger partial charge is 0.240 e. The van der Waals surface area contributed by atoms with Crippen LogP contribution in [0.3, 0.4) is 0 Å². The Morgan fingerprint density at radius 2 is 2.17 bits per heavy atom. The van der Waals surface area contributed by atoms with Gasteiger partial charge >= 0.3 is 0 Å². The molecule has 1 aromatic heterocycles. The minimum Gasteiger partial charge on any atom is -0.338 e. The van der Waals surface area contributed by atoms with E-state index in [4.69, 9.17) is 4.52 Å². The first kappa shape index (κ1) is 12.6. The van der Waals surface area contributed by atoms with E-state index in [1.54, 1.807) is 13.8 Å². The number of rotatable bonds is 4. The molecule has 1 atom stereocenters. The number of hydrogen-bond acceptors (Lipinski definition) is 4. The van der Waals surface area contributed by atoms with E-state index in [9.17, 15) is 8.78 Å². The van der Waals surface area contributed by atoms with Crippen molar-refractivity contribution in [2.24, 2.45) is 0 Å². The van der Waals surface area contributed by atoms with Gasteiger partial charge in [0.25, 0.3) is 0 Å². The lowest BCUT2D eigenvalue weighted by atomic mass is 10.1. The monoisotopic (exact) mass is 253 g/mol. The zero-order chi connectivity index (χ0) is 13.1. The standard InChI is InChI=1S/C12H13F2N3O/c1-7(10-4-3-9(13)5-11(10)14)15-6-12-16-8(2)17-18-12/h3-5,7,15H,6H2,1-2H3. The Kier molecular flexibility index (Phi) is 3.66. The first-order chi connectivity index (χ1) is 8.56. The average molecular weight is 253 g/mol. The van der Waals surface area contributed by atoms with E-state index in [0.29, 0.717) is 23.8 Å². The first-order valence-corrected chi connectivity index (χ1v) is 5.54. The fourth-order valence-corrected chi connectivity index (χ4v) is 1.61. The molecule has 0 spiro atoms. The lowest BCUT2D eigenvalue weighted by Crippen LogP contribution is -2.19. The molecule has 1 unspecified atom stereocenters. The summed E-state index contributed by atoms with van der Waals surface area (Å²) in [6.45, 7) is 3.83. The second-order valence-electron chi connectivity index (χ2n) is 4.00. The molecule has 2 rings (SSSR count). The molecule has 1 aromatic carbocycles. The number of benzene rings is 1. The minimum atomic E-state index is -0.587. The van der Waals surface area contributed by atoms with Crippen LogP contribution < -0.4 is 5.32 Å². The molecule has 0 aliphatic heterocycles. The van der Waals surface area contributed by atoms with Crippen molar-refractivity contribution in [1.82, 2.24) is 15.5 Å². The third-order valence-electron chi connectivity index (χ3n) is 2.56. The molecule has 2 aromatic rings. The van der Waals surface area contributed by atoms with Crippen molar-refractivity contribution in [3.63, 3.8) is 0 Å². The Balaban J connectivity index is 2.01. The molecule has 0 amide bonds. The summed E-state index contributed by atoms with van der Waals surface area (Å²) in [6, 6.07) is 3.23. The summed E-state index contributed by atoms with van der Waals surface area (Å²) in [5, 5.41) is 6.68. The molecular weight excluding hydrogens is 240 g/mol. The SMILES string of the molecule is Cc1noc(CNC(C)c2ccc(F)cc2F)n1. The Labute approximate surface area is 103 Å². The van der Waals surface area contributed by atoms with Crippen LogP contribution in [0.25, 0.3) is 0 Å². The zero-order valence-corrected chi connectivity index (χ0v) is 10.1. The van der Waals surface area contributed by atoms with Crippen LogP contribution in [0.15, 0.2) is 22.7 Å². The van der Waals surface area contributed by atoms with Crippen LogP contribution in [0.2, 0.25) is 0 Å². The van der Waals surface area contributed by atoms with Crippen LogP contribution >= 0.6 is 0 Å². The molecule has 18 heavy (non-hydrogen) atoms. The van der Waals surface area contributed by atoms with Gasteiger partial charge in [-0.05, 0) is 19.9 Å². The summed E-state index contributed by atoms with van der Waals surface area (Å²) in [6.07, 6.45) is 0. The van der Waals surface area contributed by atoms with E-state index >= 15 is 0 Å². The predicted octanol–water partition coefficient (Wildman–Crippen LogP) is 2.51. The summed E-state index contributed by atoms with van der Waals surface area (Å²) >= 11 is 0. The van der Waals surface area contributed by atoms with Crippen LogP contribution in [-0.4, -0.2) is 10.1 Å². The first-order valence-electron chi connectivity index (χ1n) is 5.54.